The molecule has 0 N–H and O–H groups in total. The number of benzene rings is 1. The van der Waals surface area contributed by atoms with Crippen LogP contribution < -0.4 is 0 Å². The molecule has 1 aromatic carbocycles. The van der Waals surface area contributed by atoms with Crippen LogP contribution in [0.1, 0.15) is 148 Å². The van der Waals surface area contributed by atoms with E-state index in [2.05, 4.69) is 116 Å². The van der Waals surface area contributed by atoms with Gasteiger partial charge in [-0.1, -0.05) is 108 Å². The summed E-state index contributed by atoms with van der Waals surface area (Å²) in [5, 5.41) is 0. The minimum atomic E-state index is -3.22. The van der Waals surface area contributed by atoms with E-state index in [0.717, 1.165) is 76.1 Å². The van der Waals surface area contributed by atoms with Crippen LogP contribution in [0.3, 0.4) is 0 Å². The summed E-state index contributed by atoms with van der Waals surface area (Å²) in [6.45, 7) is 43.8. The fraction of sp³-hybridized carbons (Fsp3) is 0.667. The van der Waals surface area contributed by atoms with Gasteiger partial charge in [0.05, 0.1) is 6.26 Å². The smallest absolute Gasteiger partial charge is 0.319 e. The Kier molecular flexibility index (Phi) is 33.1. The normalized spacial score (nSPS) is 19.9. The number of hydrogen-bond donors (Lipinski definition) is 0. The van der Waals surface area contributed by atoms with Gasteiger partial charge in [0.1, 0.15) is 0 Å². The predicted octanol–water partition coefficient (Wildman–Crippen LogP) is 10.4. The number of likely N-dealkylation sites (N-methyl/N-ethyl adjacent to an activating group) is 1. The first-order valence-electron chi connectivity index (χ1n) is 30.7. The van der Waals surface area contributed by atoms with Crippen molar-refractivity contribution in [2.75, 3.05) is 147 Å². The van der Waals surface area contributed by atoms with Gasteiger partial charge in [-0.2, -0.15) is 38.4 Å². The first kappa shape index (κ1) is 78.8. The van der Waals surface area contributed by atoms with E-state index in [1.54, 1.807) is 76.4 Å². The second kappa shape index (κ2) is 36.5. The molecule has 0 bridgehead atoms. The number of amides is 3. The Morgan fingerprint density at radius 1 is 0.402 bits per heavy atom. The quantitative estimate of drug-likeness (QED) is 0.240. The minimum Gasteiger partial charge on any atom is -0.339 e. The number of nitrogens with zero attached hydrogens (tertiary/aromatic N) is 10. The summed E-state index contributed by atoms with van der Waals surface area (Å²) in [4.78, 5) is 32.8. The molecule has 0 atom stereocenters. The Morgan fingerprint density at radius 2 is 0.736 bits per heavy atom. The van der Waals surface area contributed by atoms with Gasteiger partial charge in [0.25, 0.3) is 20.4 Å². The molecule has 21 heteroatoms. The third-order valence-electron chi connectivity index (χ3n) is 17.6. The molecule has 496 valence electrons. The van der Waals surface area contributed by atoms with Gasteiger partial charge in [-0.15, -0.1) is 0 Å². The molecular formula is C66H116N10O8S3. The molecule has 0 aromatic heterocycles. The van der Waals surface area contributed by atoms with Crippen molar-refractivity contribution in [3.63, 3.8) is 0 Å². The van der Waals surface area contributed by atoms with Gasteiger partial charge in [-0.3, -0.25) is 9.69 Å². The summed E-state index contributed by atoms with van der Waals surface area (Å²) < 4.78 is 76.2. The summed E-state index contributed by atoms with van der Waals surface area (Å²) in [5.41, 5.74) is 20.6. The number of carbonyl (C=O) groups excluding carboxylic acids is 2. The minimum absolute atomic E-state index is 0.117. The van der Waals surface area contributed by atoms with Gasteiger partial charge in [0.2, 0.25) is 15.9 Å². The molecule has 0 unspecified atom stereocenters. The number of hydrogen-bond acceptors (Lipinski definition) is 10. The predicted molar refractivity (Wildman–Crippen MR) is 363 cm³/mol. The van der Waals surface area contributed by atoms with E-state index in [4.69, 9.17) is 0 Å². The monoisotopic (exact) mass is 1270 g/mol. The first-order valence-corrected chi connectivity index (χ1v) is 35.4. The molecule has 18 nitrogen and oxygen atoms in total. The molecular weight excluding hydrogens is 1160 g/mol. The van der Waals surface area contributed by atoms with Crippen molar-refractivity contribution in [2.45, 2.75) is 149 Å². The van der Waals surface area contributed by atoms with E-state index in [1.165, 1.54) is 110 Å². The zero-order chi connectivity index (χ0) is 66.5. The molecule has 7 heterocycles. The lowest BCUT2D eigenvalue weighted by atomic mass is 10.0. The SMILES string of the molecule is CC(=O)N1CCC(C)=C(C)C1.CC1=C(C)CN(C(=O)N(C)C)CC1.CC1=C(C)CN(C)CC1.CC1=C(C)CN(Cc2ccccc2)CC1.CC1=C(C)CN(S(=O)(=O)N(C)C)C1.CC1=C(C)CN(S(=O)(=O)N(C)C)CC1.CC1=C(C)CN(S(C)(=O)=O)CC1. The fourth-order valence-electron chi connectivity index (χ4n) is 9.93. The first-order chi connectivity index (χ1) is 40.2. The van der Waals surface area contributed by atoms with Crippen molar-refractivity contribution in [3.05, 3.63) is 114 Å². The van der Waals surface area contributed by atoms with Crippen LogP contribution >= 0.6 is 0 Å². The lowest BCUT2D eigenvalue weighted by molar-refractivity contribution is -0.128. The van der Waals surface area contributed by atoms with Crippen molar-refractivity contribution in [1.82, 2.24) is 46.0 Å². The molecule has 0 saturated heterocycles. The molecule has 7 aliphatic rings. The lowest BCUT2D eigenvalue weighted by Gasteiger charge is -2.30. The van der Waals surface area contributed by atoms with Crippen LogP contribution in [0.25, 0.3) is 0 Å². The van der Waals surface area contributed by atoms with Crippen LogP contribution in [-0.4, -0.2) is 230 Å². The summed E-state index contributed by atoms with van der Waals surface area (Å²) in [6, 6.07) is 10.9. The maximum absolute atomic E-state index is 11.8. The molecule has 7 aliphatic heterocycles. The summed E-state index contributed by atoms with van der Waals surface area (Å²) in [7, 11) is 2.58. The Morgan fingerprint density at radius 3 is 1.11 bits per heavy atom. The summed E-state index contributed by atoms with van der Waals surface area (Å²) >= 11 is 0. The highest BCUT2D eigenvalue weighted by atomic mass is 32.2. The van der Waals surface area contributed by atoms with Crippen molar-refractivity contribution < 1.29 is 34.8 Å². The maximum atomic E-state index is 11.8. The van der Waals surface area contributed by atoms with Crippen LogP contribution in [0, 0.1) is 0 Å². The molecule has 1 aromatic rings. The van der Waals surface area contributed by atoms with Gasteiger partial charge in [0, 0.05) is 147 Å². The van der Waals surface area contributed by atoms with E-state index in [9.17, 15) is 34.8 Å². The van der Waals surface area contributed by atoms with Crippen molar-refractivity contribution >= 4 is 42.4 Å². The van der Waals surface area contributed by atoms with Crippen LogP contribution in [0.15, 0.2) is 108 Å². The second-order valence-electron chi connectivity index (χ2n) is 25.7. The van der Waals surface area contributed by atoms with E-state index in [1.807, 2.05) is 37.5 Å². The molecule has 87 heavy (non-hydrogen) atoms. The zero-order valence-corrected chi connectivity index (χ0v) is 60.6. The van der Waals surface area contributed by atoms with Crippen LogP contribution in [0.5, 0.6) is 0 Å². The molecule has 0 spiro atoms. The third kappa shape index (κ3) is 26.6. The fourth-order valence-corrected chi connectivity index (χ4v) is 13.1. The number of carbonyl (C=O) groups is 2. The molecule has 3 amide bonds. The molecule has 0 aliphatic carbocycles. The van der Waals surface area contributed by atoms with E-state index >= 15 is 0 Å². The Balaban J connectivity index is 0.000000348. The van der Waals surface area contributed by atoms with E-state index in [0.29, 0.717) is 39.3 Å². The highest BCUT2D eigenvalue weighted by molar-refractivity contribution is 7.88. The van der Waals surface area contributed by atoms with Crippen LogP contribution in [0.4, 0.5) is 4.79 Å². The Bertz CT molecular complexity index is 3030. The van der Waals surface area contributed by atoms with Crippen molar-refractivity contribution in [3.8, 4) is 0 Å². The maximum Gasteiger partial charge on any atom is 0.319 e. The van der Waals surface area contributed by atoms with Gasteiger partial charge in [-0.25, -0.2) is 13.2 Å². The summed E-state index contributed by atoms with van der Waals surface area (Å²) in [6.07, 6.45) is 7.55. The average molecular weight is 1270 g/mol. The molecule has 0 radical (unpaired) electrons. The van der Waals surface area contributed by atoms with Gasteiger partial charge >= 0.3 is 6.03 Å². The Labute approximate surface area is 530 Å². The highest BCUT2D eigenvalue weighted by Gasteiger charge is 2.30. The summed E-state index contributed by atoms with van der Waals surface area (Å²) in [5.74, 6) is 0.192. The number of rotatable bonds is 7. The lowest BCUT2D eigenvalue weighted by Crippen LogP contribution is -2.43. The Hall–Kier alpha value is -4.29. The van der Waals surface area contributed by atoms with E-state index < -0.39 is 30.4 Å². The topological polar surface area (TPSA) is 169 Å². The molecule has 8 rings (SSSR count). The largest absolute Gasteiger partial charge is 0.339 e. The van der Waals surface area contributed by atoms with Crippen molar-refractivity contribution in [2.24, 2.45) is 0 Å². The molecule has 0 saturated carbocycles. The zero-order valence-electron chi connectivity index (χ0n) is 58.2. The third-order valence-corrected chi connectivity index (χ3v) is 22.6. The highest BCUT2D eigenvalue weighted by Crippen LogP contribution is 2.24. The van der Waals surface area contributed by atoms with Crippen molar-refractivity contribution in [1.29, 1.82) is 0 Å². The van der Waals surface area contributed by atoms with Gasteiger partial charge < -0.3 is 19.6 Å². The van der Waals surface area contributed by atoms with Gasteiger partial charge in [-0.05, 0) is 148 Å². The van der Waals surface area contributed by atoms with Gasteiger partial charge in [0.15, 0.2) is 0 Å². The average Bonchev–Trinajstić information content (AvgIpc) is 3.16. The van der Waals surface area contributed by atoms with E-state index in [-0.39, 0.29) is 11.9 Å². The van der Waals surface area contributed by atoms with Crippen LogP contribution in [0.2, 0.25) is 0 Å². The number of urea groups is 1. The standard InChI is InChI=1S/C14H19N.C10H18N2O.C9H18N2O2S.C9H15NO.C8H16N2O2S.C8H15NO2S.C8H15N/c1-12-8-9-15(10-13(12)2)11-14-6-4-3-5-7-14;1-8-5-6-12(7-9(8)2)10(13)11(3)4;1-8-5-6-11(7-9(8)2)14(12,13)10(3)4;1-7-4-5-10(9(3)11)6-8(7)2;1-7-5-10(6-8(7)2)13(11,12)9(3)4;1-7-4-5-9(6-8(7)2)12(3,10)11;1-7-4-5-9(3)6-8(7)2/h3-7H,8-11H2,1-2H3;5-7H2,1-4H3;5-7H2,1-4H3;4-6H2,1-3H3;5-6H2,1-4H3;4-6H2,1-3H3;4-6H2,1-3H3. The second-order valence-corrected chi connectivity index (χ2v) is 31.9. The van der Waals surface area contributed by atoms with Crippen LogP contribution in [-0.2, 0) is 41.8 Å². The number of sulfonamides is 1. The molecule has 0 fully saturated rings.